The van der Waals surface area contributed by atoms with E-state index in [0.717, 1.165) is 33.8 Å². The van der Waals surface area contributed by atoms with Crippen LogP contribution in [0.1, 0.15) is 48.4 Å². The van der Waals surface area contributed by atoms with Crippen molar-refractivity contribution >= 4 is 22.5 Å². The topological polar surface area (TPSA) is 54.5 Å². The Kier molecular flexibility index (Phi) is 6.79. The molecule has 180 valence electrons. The molecule has 4 rings (SSSR count). The monoisotopic (exact) mass is 471 g/mol. The summed E-state index contributed by atoms with van der Waals surface area (Å²) in [5, 5.41) is 4.03. The zero-order valence-corrected chi connectivity index (χ0v) is 19.5. The van der Waals surface area contributed by atoms with Crippen LogP contribution in [0.2, 0.25) is 0 Å². The molecule has 0 spiro atoms. The summed E-state index contributed by atoms with van der Waals surface area (Å²) in [5.74, 6) is -0.839. The van der Waals surface area contributed by atoms with Crippen molar-refractivity contribution in [2.24, 2.45) is 0 Å². The molecule has 0 aliphatic carbocycles. The Morgan fingerprint density at radius 3 is 2.62 bits per heavy atom. The predicted octanol–water partition coefficient (Wildman–Crippen LogP) is 5.72. The van der Waals surface area contributed by atoms with Crippen molar-refractivity contribution in [2.75, 3.05) is 25.5 Å². The quantitative estimate of drug-likeness (QED) is 0.500. The number of amides is 1. The minimum atomic E-state index is -2.87. The number of anilines is 1. The molecule has 8 heteroatoms. The van der Waals surface area contributed by atoms with E-state index in [1.165, 1.54) is 12.1 Å². The highest BCUT2D eigenvalue weighted by atomic mass is 19.3. The highest BCUT2D eigenvalue weighted by molar-refractivity contribution is 5.92. The van der Waals surface area contributed by atoms with Crippen molar-refractivity contribution in [1.82, 2.24) is 9.88 Å². The molecular formula is C26H28F3N3O2. The molecule has 0 saturated carbocycles. The van der Waals surface area contributed by atoms with Gasteiger partial charge in [-0.1, -0.05) is 18.2 Å². The molecule has 1 aliphatic rings. The van der Waals surface area contributed by atoms with Crippen LogP contribution in [-0.4, -0.2) is 36.0 Å². The Balaban J connectivity index is 1.67. The molecule has 0 bridgehead atoms. The van der Waals surface area contributed by atoms with Gasteiger partial charge in [0.2, 0.25) is 5.91 Å². The number of hydrogen-bond donors (Lipinski definition) is 1. The second kappa shape index (κ2) is 9.62. The first-order valence-electron chi connectivity index (χ1n) is 11.3. The maximum Gasteiger partial charge on any atom is 0.266 e. The summed E-state index contributed by atoms with van der Waals surface area (Å²) < 4.78 is 46.7. The minimum absolute atomic E-state index is 0.0533. The van der Waals surface area contributed by atoms with Crippen LogP contribution in [0.5, 0.6) is 0 Å². The number of halogens is 3. The molecule has 2 aromatic carbocycles. The number of aromatic nitrogens is 1. The molecule has 1 aliphatic heterocycles. The fourth-order valence-electron chi connectivity index (χ4n) is 4.80. The van der Waals surface area contributed by atoms with E-state index in [9.17, 15) is 18.0 Å². The summed E-state index contributed by atoms with van der Waals surface area (Å²) in [6, 6.07) is 9.85. The van der Waals surface area contributed by atoms with Crippen molar-refractivity contribution in [3.63, 3.8) is 0 Å². The van der Waals surface area contributed by atoms with E-state index in [4.69, 9.17) is 4.74 Å². The Morgan fingerprint density at radius 2 is 1.97 bits per heavy atom. The van der Waals surface area contributed by atoms with E-state index in [2.05, 4.69) is 10.3 Å². The maximum absolute atomic E-state index is 14.5. The van der Waals surface area contributed by atoms with E-state index in [1.54, 1.807) is 26.3 Å². The molecule has 1 amide bonds. The van der Waals surface area contributed by atoms with Gasteiger partial charge in [0.25, 0.3) is 6.43 Å². The highest BCUT2D eigenvalue weighted by Gasteiger charge is 2.38. The molecule has 2 heterocycles. The Bertz CT molecular complexity index is 1210. The number of pyridine rings is 1. The van der Waals surface area contributed by atoms with Gasteiger partial charge in [0.15, 0.2) is 0 Å². The van der Waals surface area contributed by atoms with Gasteiger partial charge in [-0.2, -0.15) is 0 Å². The van der Waals surface area contributed by atoms with Crippen LogP contribution in [0.3, 0.4) is 0 Å². The van der Waals surface area contributed by atoms with Crippen molar-refractivity contribution in [3.8, 4) is 0 Å². The number of nitrogens with one attached hydrogen (secondary N) is 1. The lowest BCUT2D eigenvalue weighted by molar-refractivity contribution is -0.135. The summed E-state index contributed by atoms with van der Waals surface area (Å²) in [6.07, 6.45) is 0.133. The van der Waals surface area contributed by atoms with Crippen molar-refractivity contribution in [2.45, 2.75) is 45.3 Å². The zero-order valence-electron chi connectivity index (χ0n) is 19.5. The number of hydrogen-bond acceptors (Lipinski definition) is 4. The lowest BCUT2D eigenvalue weighted by Crippen LogP contribution is -2.45. The van der Waals surface area contributed by atoms with Crippen LogP contribution in [0, 0.1) is 12.7 Å². The van der Waals surface area contributed by atoms with Crippen LogP contribution in [-0.2, 0) is 21.7 Å². The largest absolute Gasteiger partial charge is 0.380 e. The van der Waals surface area contributed by atoms with Gasteiger partial charge in [-0.05, 0) is 49.1 Å². The number of methoxy groups -OCH3 is 1. The van der Waals surface area contributed by atoms with Gasteiger partial charge in [0.1, 0.15) is 5.82 Å². The van der Waals surface area contributed by atoms with Crippen LogP contribution in [0.25, 0.3) is 10.9 Å². The van der Waals surface area contributed by atoms with Gasteiger partial charge in [-0.3, -0.25) is 9.78 Å². The molecule has 3 aromatic rings. The molecule has 1 saturated heterocycles. The number of nitrogens with zero attached hydrogens (tertiary/aromatic N) is 2. The third-order valence-corrected chi connectivity index (χ3v) is 6.80. The van der Waals surface area contributed by atoms with Crippen molar-refractivity contribution < 1.29 is 22.7 Å². The van der Waals surface area contributed by atoms with Crippen LogP contribution in [0.4, 0.5) is 18.9 Å². The van der Waals surface area contributed by atoms with Gasteiger partial charge in [-0.15, -0.1) is 0 Å². The Morgan fingerprint density at radius 1 is 1.24 bits per heavy atom. The highest BCUT2D eigenvalue weighted by Crippen LogP contribution is 2.40. The van der Waals surface area contributed by atoms with Crippen molar-refractivity contribution in [1.29, 1.82) is 0 Å². The van der Waals surface area contributed by atoms with Crippen molar-refractivity contribution in [3.05, 3.63) is 70.7 Å². The molecular weight excluding hydrogens is 443 g/mol. The van der Waals surface area contributed by atoms with Gasteiger partial charge in [-0.25, -0.2) is 13.2 Å². The van der Waals surface area contributed by atoms with Gasteiger partial charge in [0.05, 0.1) is 16.7 Å². The van der Waals surface area contributed by atoms with Gasteiger partial charge >= 0.3 is 0 Å². The third-order valence-electron chi connectivity index (χ3n) is 6.80. The molecule has 1 fully saturated rings. The van der Waals surface area contributed by atoms with Gasteiger partial charge in [0, 0.05) is 56.5 Å². The van der Waals surface area contributed by atoms with Gasteiger partial charge < -0.3 is 15.0 Å². The summed E-state index contributed by atoms with van der Waals surface area (Å²) >= 11 is 0. The molecule has 34 heavy (non-hydrogen) atoms. The standard InChI is InChI=1S/C26H28F3N3O2/c1-16-13-23-20(14-21(16)26(34-3)8-11-32(12-9-26)17(2)33)22(7-10-30-23)31-15-18-5-4-6-19(24(18)27)25(28)29/h4-7,10,13-14,25H,8-9,11-12,15H2,1-3H3,(H,30,31). The fourth-order valence-corrected chi connectivity index (χ4v) is 4.80. The Hall–Kier alpha value is -3.13. The van der Waals surface area contributed by atoms with E-state index in [0.29, 0.717) is 25.9 Å². The van der Waals surface area contributed by atoms with E-state index >= 15 is 0 Å². The number of aryl methyl sites for hydroxylation is 1. The Labute approximate surface area is 196 Å². The molecule has 0 atom stereocenters. The first-order chi connectivity index (χ1) is 16.3. The number of fused-ring (bicyclic) bond motifs is 1. The number of alkyl halides is 2. The SMILES string of the molecule is COC1(c2cc3c(NCc4cccc(C(F)F)c4F)ccnc3cc2C)CCN(C(C)=O)CC1. The number of rotatable bonds is 6. The molecule has 5 nitrogen and oxygen atoms in total. The molecule has 0 unspecified atom stereocenters. The average molecular weight is 472 g/mol. The number of likely N-dealkylation sites (tertiary alicyclic amines) is 1. The van der Waals surface area contributed by atoms with Crippen LogP contribution < -0.4 is 5.32 Å². The predicted molar refractivity (Wildman–Crippen MR) is 125 cm³/mol. The average Bonchev–Trinajstić information content (AvgIpc) is 2.82. The summed E-state index contributed by atoms with van der Waals surface area (Å²) in [6.45, 7) is 4.86. The first-order valence-corrected chi connectivity index (χ1v) is 11.3. The second-order valence-electron chi connectivity index (χ2n) is 8.72. The number of benzene rings is 2. The van der Waals surface area contributed by atoms with E-state index in [-0.39, 0.29) is 18.0 Å². The van der Waals surface area contributed by atoms with Crippen LogP contribution in [0.15, 0.2) is 42.6 Å². The number of ether oxygens (including phenoxy) is 1. The molecule has 1 N–H and O–H groups in total. The third kappa shape index (κ3) is 4.46. The first kappa shape index (κ1) is 24.0. The lowest BCUT2D eigenvalue weighted by Gasteiger charge is -2.41. The van der Waals surface area contributed by atoms with E-state index in [1.807, 2.05) is 24.0 Å². The number of carbonyl (C=O) groups is 1. The lowest BCUT2D eigenvalue weighted by atomic mass is 9.81. The summed E-state index contributed by atoms with van der Waals surface area (Å²) in [5.41, 5.74) is 2.57. The number of piperidine rings is 1. The number of carbonyl (C=O) groups excluding carboxylic acids is 1. The second-order valence-corrected chi connectivity index (χ2v) is 8.72. The normalized spacial score (nSPS) is 15.7. The molecule has 1 aromatic heterocycles. The van der Waals surface area contributed by atoms with Crippen LogP contribution >= 0.6 is 0 Å². The minimum Gasteiger partial charge on any atom is -0.380 e. The summed E-state index contributed by atoms with van der Waals surface area (Å²) in [4.78, 5) is 18.1. The smallest absolute Gasteiger partial charge is 0.266 e. The fraction of sp³-hybridized carbons (Fsp3) is 0.385. The molecule has 0 radical (unpaired) electrons. The summed E-state index contributed by atoms with van der Waals surface area (Å²) in [7, 11) is 1.69. The maximum atomic E-state index is 14.5. The van der Waals surface area contributed by atoms with E-state index < -0.39 is 23.4 Å². The zero-order chi connectivity index (χ0) is 24.5.